The van der Waals surface area contributed by atoms with E-state index in [2.05, 4.69) is 45.6 Å². The van der Waals surface area contributed by atoms with Crippen molar-refractivity contribution in [3.8, 4) is 0 Å². The average Bonchev–Trinajstić information content (AvgIpc) is 2.64. The van der Waals surface area contributed by atoms with Gasteiger partial charge in [-0.25, -0.2) is 4.98 Å². The summed E-state index contributed by atoms with van der Waals surface area (Å²) in [4.78, 5) is 21.5. The Bertz CT molecular complexity index is 763. The van der Waals surface area contributed by atoms with E-state index in [0.29, 0.717) is 12.0 Å². The molecule has 5 heteroatoms. The monoisotopic (exact) mass is 339 g/mol. The van der Waals surface area contributed by atoms with Crippen LogP contribution in [0.5, 0.6) is 0 Å². The number of likely N-dealkylation sites (tertiary alicyclic amines) is 1. The number of aromatic nitrogens is 2. The number of rotatable bonds is 4. The molecule has 25 heavy (non-hydrogen) atoms. The van der Waals surface area contributed by atoms with Gasteiger partial charge in [0.05, 0.1) is 18.8 Å². The van der Waals surface area contributed by atoms with Gasteiger partial charge in [0.15, 0.2) is 0 Å². The number of quaternary nitrogens is 1. The number of hydrogen-bond donors (Lipinski definition) is 3. The van der Waals surface area contributed by atoms with Crippen LogP contribution in [0, 0.1) is 0 Å². The van der Waals surface area contributed by atoms with Gasteiger partial charge in [-0.15, -0.1) is 0 Å². The topological polar surface area (TPSA) is 62.2 Å². The molecule has 0 radical (unpaired) electrons. The molecule has 2 aliphatic rings. The summed E-state index contributed by atoms with van der Waals surface area (Å²) in [7, 11) is 0. The van der Waals surface area contributed by atoms with E-state index >= 15 is 0 Å². The van der Waals surface area contributed by atoms with Crippen LogP contribution >= 0.6 is 0 Å². The van der Waals surface area contributed by atoms with Gasteiger partial charge in [-0.3, -0.25) is 9.78 Å². The maximum atomic E-state index is 12.2. The minimum atomic E-state index is 0.0549. The minimum absolute atomic E-state index is 0.0549. The van der Waals surface area contributed by atoms with Gasteiger partial charge in [-0.05, 0) is 25.7 Å². The zero-order valence-electron chi connectivity index (χ0n) is 14.7. The number of benzene rings is 1. The second kappa shape index (κ2) is 7.40. The number of H-pyrrole nitrogens is 1. The highest BCUT2D eigenvalue weighted by molar-refractivity contribution is 5.32. The Kier molecular flexibility index (Phi) is 4.83. The van der Waals surface area contributed by atoms with Crippen LogP contribution in [-0.4, -0.2) is 29.1 Å². The molecule has 132 valence electrons. The highest BCUT2D eigenvalue weighted by Crippen LogP contribution is 2.17. The molecular weight excluding hydrogens is 312 g/mol. The Morgan fingerprint density at radius 2 is 1.88 bits per heavy atom. The van der Waals surface area contributed by atoms with Crippen LogP contribution in [0.15, 0.2) is 35.1 Å². The predicted octanol–water partition coefficient (Wildman–Crippen LogP) is 1.31. The van der Waals surface area contributed by atoms with Crippen molar-refractivity contribution in [1.29, 1.82) is 0 Å². The van der Waals surface area contributed by atoms with Crippen LogP contribution in [0.3, 0.4) is 0 Å². The number of aryl methyl sites for hydroxylation is 1. The number of anilines is 1. The van der Waals surface area contributed by atoms with E-state index in [1.54, 1.807) is 4.90 Å². The lowest BCUT2D eigenvalue weighted by molar-refractivity contribution is -0.918. The third-order valence-corrected chi connectivity index (χ3v) is 5.52. The molecule has 1 aromatic heterocycles. The largest absolute Gasteiger partial charge is 0.353 e. The Morgan fingerprint density at radius 1 is 1.12 bits per heavy atom. The molecule has 0 atom stereocenters. The fourth-order valence-corrected chi connectivity index (χ4v) is 4.10. The van der Waals surface area contributed by atoms with E-state index in [4.69, 9.17) is 0 Å². The van der Waals surface area contributed by atoms with Crippen LogP contribution in [-0.2, 0) is 19.4 Å². The first-order valence-electron chi connectivity index (χ1n) is 9.54. The quantitative estimate of drug-likeness (QED) is 0.787. The first-order valence-corrected chi connectivity index (χ1v) is 9.54. The highest BCUT2D eigenvalue weighted by Gasteiger charge is 2.23. The molecule has 2 aromatic rings. The molecule has 4 rings (SSSR count). The van der Waals surface area contributed by atoms with Crippen molar-refractivity contribution < 1.29 is 4.90 Å². The summed E-state index contributed by atoms with van der Waals surface area (Å²) in [6.45, 7) is 3.41. The fraction of sp³-hybridized carbons (Fsp3) is 0.500. The first-order chi connectivity index (χ1) is 12.3. The number of nitrogens with one attached hydrogen (secondary N) is 3. The zero-order valence-corrected chi connectivity index (χ0v) is 14.7. The van der Waals surface area contributed by atoms with Gasteiger partial charge in [-0.2, -0.15) is 0 Å². The zero-order chi connectivity index (χ0) is 17.1. The van der Waals surface area contributed by atoms with Crippen LogP contribution in [0.1, 0.15) is 42.5 Å². The lowest BCUT2D eigenvalue weighted by Crippen LogP contribution is -3.12. The first kappa shape index (κ1) is 16.3. The number of aromatic amines is 1. The maximum absolute atomic E-state index is 12.2. The van der Waals surface area contributed by atoms with Crippen molar-refractivity contribution in [3.63, 3.8) is 0 Å². The second-order valence-corrected chi connectivity index (χ2v) is 7.38. The molecule has 1 aliphatic carbocycles. The van der Waals surface area contributed by atoms with Gasteiger partial charge in [0.2, 0.25) is 5.95 Å². The maximum Gasteiger partial charge on any atom is 0.255 e. The van der Waals surface area contributed by atoms with Crippen LogP contribution < -0.4 is 15.8 Å². The molecule has 1 aliphatic heterocycles. The van der Waals surface area contributed by atoms with Gasteiger partial charge in [-0.1, -0.05) is 30.3 Å². The summed E-state index contributed by atoms with van der Waals surface area (Å²) in [5.74, 6) is 0.669. The second-order valence-electron chi connectivity index (χ2n) is 7.38. The SMILES string of the molecule is O=c1[nH]c(NC2CC[NH+](Cc3ccccc3)CC2)nc2c1CCCC2. The molecule has 1 saturated heterocycles. The van der Waals surface area contributed by atoms with E-state index in [9.17, 15) is 4.79 Å². The van der Waals surface area contributed by atoms with E-state index in [1.807, 2.05) is 0 Å². The van der Waals surface area contributed by atoms with E-state index in [1.165, 1.54) is 5.56 Å². The number of fused-ring (bicyclic) bond motifs is 1. The van der Waals surface area contributed by atoms with E-state index in [-0.39, 0.29) is 5.56 Å². The van der Waals surface area contributed by atoms with E-state index in [0.717, 1.165) is 69.4 Å². The lowest BCUT2D eigenvalue weighted by atomic mass is 9.97. The fourth-order valence-electron chi connectivity index (χ4n) is 4.10. The molecule has 2 heterocycles. The van der Waals surface area contributed by atoms with Crippen LogP contribution in [0.25, 0.3) is 0 Å². The molecule has 3 N–H and O–H groups in total. The summed E-state index contributed by atoms with van der Waals surface area (Å²) >= 11 is 0. The normalized spacial score (nSPS) is 23.0. The van der Waals surface area contributed by atoms with Crippen LogP contribution in [0.2, 0.25) is 0 Å². The van der Waals surface area contributed by atoms with Gasteiger partial charge < -0.3 is 10.2 Å². The van der Waals surface area contributed by atoms with E-state index < -0.39 is 0 Å². The third-order valence-electron chi connectivity index (χ3n) is 5.52. The van der Waals surface area contributed by atoms with Crippen molar-refractivity contribution in [1.82, 2.24) is 9.97 Å². The van der Waals surface area contributed by atoms with Crippen molar-refractivity contribution in [2.75, 3.05) is 18.4 Å². The molecule has 5 nitrogen and oxygen atoms in total. The Hall–Kier alpha value is -2.14. The third kappa shape index (κ3) is 3.93. The van der Waals surface area contributed by atoms with Gasteiger partial charge in [0, 0.05) is 30.0 Å². The molecule has 0 unspecified atom stereocenters. The molecule has 0 spiro atoms. The molecule has 0 bridgehead atoms. The Morgan fingerprint density at radius 3 is 2.68 bits per heavy atom. The summed E-state index contributed by atoms with van der Waals surface area (Å²) in [5.41, 5.74) is 3.37. The molecule has 0 saturated carbocycles. The Labute approximate surface area is 148 Å². The summed E-state index contributed by atoms with van der Waals surface area (Å²) < 4.78 is 0. The number of piperidine rings is 1. The van der Waals surface area contributed by atoms with Crippen molar-refractivity contribution in [2.24, 2.45) is 0 Å². The number of hydrogen-bond acceptors (Lipinski definition) is 3. The number of nitrogens with zero attached hydrogens (tertiary/aromatic N) is 1. The van der Waals surface area contributed by atoms with Crippen molar-refractivity contribution in [2.45, 2.75) is 51.1 Å². The Balaban J connectivity index is 1.34. The molecule has 1 aromatic carbocycles. The highest BCUT2D eigenvalue weighted by atomic mass is 16.1. The van der Waals surface area contributed by atoms with Gasteiger partial charge in [0.25, 0.3) is 5.56 Å². The standard InChI is InChI=1S/C20H26N4O/c25-19-17-8-4-5-9-18(17)22-20(23-19)21-16-10-12-24(13-11-16)14-15-6-2-1-3-7-15/h1-3,6-7,16H,4-5,8-14H2,(H2,21,22,23,25)/p+1. The van der Waals surface area contributed by atoms with Crippen molar-refractivity contribution in [3.05, 3.63) is 57.5 Å². The smallest absolute Gasteiger partial charge is 0.255 e. The molecule has 1 fully saturated rings. The van der Waals surface area contributed by atoms with Crippen LogP contribution in [0.4, 0.5) is 5.95 Å². The molecular formula is C20H27N4O+. The summed E-state index contributed by atoms with van der Waals surface area (Å²) in [6.07, 6.45) is 6.29. The predicted molar refractivity (Wildman–Crippen MR) is 99.0 cm³/mol. The van der Waals surface area contributed by atoms with Crippen molar-refractivity contribution >= 4 is 5.95 Å². The van der Waals surface area contributed by atoms with Gasteiger partial charge >= 0.3 is 0 Å². The minimum Gasteiger partial charge on any atom is -0.353 e. The average molecular weight is 339 g/mol. The summed E-state index contributed by atoms with van der Waals surface area (Å²) in [5, 5.41) is 3.48. The molecule has 0 amide bonds. The summed E-state index contributed by atoms with van der Waals surface area (Å²) in [6, 6.07) is 11.1. The lowest BCUT2D eigenvalue weighted by Gasteiger charge is -2.30. The van der Waals surface area contributed by atoms with Gasteiger partial charge in [0.1, 0.15) is 6.54 Å².